The Kier molecular flexibility index (Phi) is 6.03. The van der Waals surface area contributed by atoms with Crippen molar-refractivity contribution >= 4 is 27.3 Å². The number of carbonyl (C=O) groups excluding carboxylic acids is 1. The number of rotatable bonds is 5. The van der Waals surface area contributed by atoms with E-state index in [-0.39, 0.29) is 22.1 Å². The highest BCUT2D eigenvalue weighted by Crippen LogP contribution is 2.31. The van der Waals surface area contributed by atoms with Gasteiger partial charge in [-0.05, 0) is 31.7 Å². The van der Waals surface area contributed by atoms with Gasteiger partial charge in [0, 0.05) is 42.9 Å². The Morgan fingerprint density at radius 3 is 2.59 bits per heavy atom. The van der Waals surface area contributed by atoms with Crippen LogP contribution in [0.25, 0.3) is 11.4 Å². The summed E-state index contributed by atoms with van der Waals surface area (Å²) < 4.78 is 32.7. The maximum atomic E-state index is 13.0. The molecule has 2 aliphatic rings. The zero-order valence-electron chi connectivity index (χ0n) is 16.5. The summed E-state index contributed by atoms with van der Waals surface area (Å²) in [6.45, 7) is 2.41. The molecule has 2 fully saturated rings. The normalized spacial score (nSPS) is 20.0. The number of hydrogen-bond acceptors (Lipinski definition) is 7. The maximum Gasteiger partial charge on any atom is 0.252 e. The predicted octanol–water partition coefficient (Wildman–Crippen LogP) is 2.96. The van der Waals surface area contributed by atoms with Gasteiger partial charge in [-0.1, -0.05) is 24.4 Å². The third-order valence-electron chi connectivity index (χ3n) is 5.73. The van der Waals surface area contributed by atoms with Crippen LogP contribution in [0.2, 0.25) is 0 Å². The van der Waals surface area contributed by atoms with Crippen molar-refractivity contribution < 1.29 is 17.7 Å². The van der Waals surface area contributed by atoms with Gasteiger partial charge < -0.3 is 9.84 Å². The van der Waals surface area contributed by atoms with Gasteiger partial charge in [-0.25, -0.2) is 8.42 Å². The van der Waals surface area contributed by atoms with Gasteiger partial charge in [-0.2, -0.15) is 9.29 Å². The monoisotopic (exact) mass is 438 g/mol. The quantitative estimate of drug-likeness (QED) is 0.769. The van der Waals surface area contributed by atoms with E-state index in [4.69, 9.17) is 4.52 Å². The van der Waals surface area contributed by atoms with E-state index in [0.717, 1.165) is 24.2 Å². The summed E-state index contributed by atoms with van der Waals surface area (Å²) in [5.74, 6) is 0.798. The van der Waals surface area contributed by atoms with Crippen molar-refractivity contribution in [3.05, 3.63) is 17.3 Å². The van der Waals surface area contributed by atoms with Crippen LogP contribution in [0.1, 0.15) is 50.8 Å². The number of aromatic nitrogens is 2. The number of amides is 1. The molecular formula is C19H26N4O4S2. The SMILES string of the molecule is Cc1nc(-c2csc(S(=O)(=O)N3CCC(C(=O)NC4CCCCC4)CC3)c2)no1. The summed E-state index contributed by atoms with van der Waals surface area (Å²) in [4.78, 5) is 16.7. The van der Waals surface area contributed by atoms with Gasteiger partial charge in [0.1, 0.15) is 4.21 Å². The zero-order chi connectivity index (χ0) is 20.4. The van der Waals surface area contributed by atoms with Crippen LogP contribution in [0, 0.1) is 12.8 Å². The molecule has 0 bridgehead atoms. The number of thiophene rings is 1. The highest BCUT2D eigenvalue weighted by molar-refractivity contribution is 7.91. The van der Waals surface area contributed by atoms with Crippen LogP contribution in [-0.2, 0) is 14.8 Å². The van der Waals surface area contributed by atoms with Gasteiger partial charge in [-0.15, -0.1) is 11.3 Å². The second kappa shape index (κ2) is 8.53. The number of aryl methyl sites for hydroxylation is 1. The molecule has 0 atom stereocenters. The molecule has 0 radical (unpaired) electrons. The molecule has 1 saturated carbocycles. The maximum absolute atomic E-state index is 13.0. The van der Waals surface area contributed by atoms with Crippen molar-refractivity contribution in [2.45, 2.75) is 62.1 Å². The lowest BCUT2D eigenvalue weighted by Gasteiger charge is -2.31. The molecule has 1 amide bonds. The number of sulfonamides is 1. The molecule has 158 valence electrons. The lowest BCUT2D eigenvalue weighted by molar-refractivity contribution is -0.127. The van der Waals surface area contributed by atoms with Crippen molar-refractivity contribution in [1.82, 2.24) is 19.8 Å². The van der Waals surface area contributed by atoms with Crippen LogP contribution in [0.3, 0.4) is 0 Å². The summed E-state index contributed by atoms with van der Waals surface area (Å²) in [5, 5.41) is 8.73. The van der Waals surface area contributed by atoms with Crippen molar-refractivity contribution in [1.29, 1.82) is 0 Å². The number of nitrogens with zero attached hydrogens (tertiary/aromatic N) is 3. The second-order valence-corrected chi connectivity index (χ2v) is 10.9. The molecule has 0 spiro atoms. The number of piperidine rings is 1. The number of hydrogen-bond donors (Lipinski definition) is 1. The van der Waals surface area contributed by atoms with Gasteiger partial charge in [0.2, 0.25) is 17.6 Å². The fraction of sp³-hybridized carbons (Fsp3) is 0.632. The van der Waals surface area contributed by atoms with Crippen molar-refractivity contribution in [3.8, 4) is 11.4 Å². The first kappa shape index (κ1) is 20.5. The minimum Gasteiger partial charge on any atom is -0.353 e. The summed E-state index contributed by atoms with van der Waals surface area (Å²) in [5.41, 5.74) is 0.632. The molecule has 1 aliphatic heterocycles. The predicted molar refractivity (Wildman–Crippen MR) is 109 cm³/mol. The third kappa shape index (κ3) is 4.54. The van der Waals surface area contributed by atoms with E-state index < -0.39 is 10.0 Å². The lowest BCUT2D eigenvalue weighted by atomic mass is 9.93. The number of carbonyl (C=O) groups is 1. The van der Waals surface area contributed by atoms with Crippen LogP contribution in [0.4, 0.5) is 0 Å². The molecule has 10 heteroatoms. The molecule has 1 aliphatic carbocycles. The topological polar surface area (TPSA) is 105 Å². The molecular weight excluding hydrogens is 412 g/mol. The van der Waals surface area contributed by atoms with E-state index in [9.17, 15) is 13.2 Å². The molecule has 2 aromatic rings. The van der Waals surface area contributed by atoms with Crippen LogP contribution >= 0.6 is 11.3 Å². The largest absolute Gasteiger partial charge is 0.353 e. The molecule has 4 rings (SSSR count). The van der Waals surface area contributed by atoms with Crippen LogP contribution in [0.5, 0.6) is 0 Å². The average Bonchev–Trinajstić information content (AvgIpc) is 3.38. The lowest BCUT2D eigenvalue weighted by Crippen LogP contribution is -2.45. The van der Waals surface area contributed by atoms with Crippen LogP contribution < -0.4 is 5.32 Å². The van der Waals surface area contributed by atoms with Crippen molar-refractivity contribution in [3.63, 3.8) is 0 Å². The smallest absolute Gasteiger partial charge is 0.252 e. The van der Waals surface area contributed by atoms with Gasteiger partial charge in [0.25, 0.3) is 10.0 Å². The van der Waals surface area contributed by atoms with E-state index >= 15 is 0 Å². The average molecular weight is 439 g/mol. The molecule has 8 nitrogen and oxygen atoms in total. The molecule has 1 N–H and O–H groups in total. The zero-order valence-corrected chi connectivity index (χ0v) is 18.1. The first-order chi connectivity index (χ1) is 13.9. The van der Waals surface area contributed by atoms with E-state index in [2.05, 4.69) is 15.5 Å². The van der Waals surface area contributed by atoms with Gasteiger partial charge in [-0.3, -0.25) is 4.79 Å². The van der Waals surface area contributed by atoms with E-state index in [1.54, 1.807) is 18.4 Å². The van der Waals surface area contributed by atoms with E-state index in [1.165, 1.54) is 23.6 Å². The fourth-order valence-electron chi connectivity index (χ4n) is 4.04. The summed E-state index contributed by atoms with van der Waals surface area (Å²) in [6, 6.07) is 1.88. The Hall–Kier alpha value is -1.78. The van der Waals surface area contributed by atoms with Gasteiger partial charge >= 0.3 is 0 Å². The summed E-state index contributed by atoms with van der Waals surface area (Å²) in [6.07, 6.45) is 6.82. The Morgan fingerprint density at radius 2 is 1.93 bits per heavy atom. The summed E-state index contributed by atoms with van der Waals surface area (Å²) in [7, 11) is -3.58. The fourth-order valence-corrected chi connectivity index (χ4v) is 6.82. The van der Waals surface area contributed by atoms with Crippen LogP contribution in [-0.4, -0.2) is 47.9 Å². The van der Waals surface area contributed by atoms with E-state index in [0.29, 0.717) is 43.2 Å². The molecule has 3 heterocycles. The molecule has 0 unspecified atom stereocenters. The number of nitrogens with one attached hydrogen (secondary N) is 1. The molecule has 2 aromatic heterocycles. The molecule has 1 saturated heterocycles. The summed E-state index contributed by atoms with van der Waals surface area (Å²) >= 11 is 1.15. The second-order valence-electron chi connectivity index (χ2n) is 7.81. The Balaban J connectivity index is 1.36. The van der Waals surface area contributed by atoms with Crippen molar-refractivity contribution in [2.75, 3.05) is 13.1 Å². The molecule has 0 aromatic carbocycles. The highest BCUT2D eigenvalue weighted by atomic mass is 32.2. The Bertz CT molecular complexity index is 955. The first-order valence-corrected chi connectivity index (χ1v) is 12.5. The minimum absolute atomic E-state index is 0.0832. The van der Waals surface area contributed by atoms with Gasteiger partial charge in [0.15, 0.2) is 0 Å². The first-order valence-electron chi connectivity index (χ1n) is 10.1. The molecule has 29 heavy (non-hydrogen) atoms. The van der Waals surface area contributed by atoms with E-state index in [1.807, 2.05) is 0 Å². The minimum atomic E-state index is -3.58. The standard InChI is InChI=1S/C19H26N4O4S2/c1-13-20-18(22-27-13)15-11-17(28-12-15)29(25,26)23-9-7-14(8-10-23)19(24)21-16-5-3-2-4-6-16/h11-12,14,16H,2-10H2,1H3,(H,21,24). The van der Waals surface area contributed by atoms with Crippen LogP contribution in [0.15, 0.2) is 20.2 Å². The third-order valence-corrected chi connectivity index (χ3v) is 9.05. The highest BCUT2D eigenvalue weighted by Gasteiger charge is 2.33. The Morgan fingerprint density at radius 1 is 1.21 bits per heavy atom. The van der Waals surface area contributed by atoms with Gasteiger partial charge in [0.05, 0.1) is 0 Å². The van der Waals surface area contributed by atoms with Crippen molar-refractivity contribution in [2.24, 2.45) is 5.92 Å². The Labute approximate surface area is 174 Å².